The quantitative estimate of drug-likeness (QED) is 0.460. The Hall–Kier alpha value is -2.81. The van der Waals surface area contributed by atoms with Gasteiger partial charge in [0.25, 0.3) is 0 Å². The normalized spacial score (nSPS) is 25.9. The zero-order chi connectivity index (χ0) is 23.4. The van der Waals surface area contributed by atoms with Crippen LogP contribution >= 0.6 is 23.2 Å². The van der Waals surface area contributed by atoms with Crippen LogP contribution < -0.4 is 16.0 Å². The molecule has 6 rings (SSSR count). The first-order valence-corrected chi connectivity index (χ1v) is 12.2. The number of rotatable bonds is 5. The number of hydrogen-bond acceptors (Lipinski definition) is 6. The predicted molar refractivity (Wildman–Crippen MR) is 133 cm³/mol. The monoisotopic (exact) mass is 498 g/mol. The molecule has 3 aliphatic rings. The molecule has 1 amide bonds. The van der Waals surface area contributed by atoms with E-state index in [0.29, 0.717) is 45.9 Å². The topological polar surface area (TPSA) is 109 Å². The van der Waals surface area contributed by atoms with Crippen LogP contribution in [0, 0.1) is 17.8 Å². The number of nitrogens with one attached hydrogen (secondary N) is 2. The summed E-state index contributed by atoms with van der Waals surface area (Å²) in [6, 6.07) is 5.79. The standard InChI is InChI=1S/C24H24Cl2N6O2/c25-15-10-14(3-4-17(15)32-5-7-34-8-6-32)23-30-21-20(16(26)11-28-24(21)31-23)29-19-13-2-1-12(9-13)18(19)22(27)33/h1-4,10-13,18-19H,5-9H2,(H2,27,33)(H2,28,29,30,31)/t12-,13+,18?,19?/m1/s1. The summed E-state index contributed by atoms with van der Waals surface area (Å²) in [6.07, 6.45) is 6.75. The molecule has 4 N–H and O–H groups in total. The lowest BCUT2D eigenvalue weighted by atomic mass is 9.88. The second-order valence-electron chi connectivity index (χ2n) is 9.08. The van der Waals surface area contributed by atoms with Crippen LogP contribution in [0.3, 0.4) is 0 Å². The van der Waals surface area contributed by atoms with Gasteiger partial charge in [0.15, 0.2) is 5.65 Å². The number of imidazole rings is 1. The molecule has 2 aliphatic carbocycles. The molecule has 4 atom stereocenters. The maximum atomic E-state index is 12.2. The summed E-state index contributed by atoms with van der Waals surface area (Å²) in [5.74, 6) is 0.470. The highest BCUT2D eigenvalue weighted by atomic mass is 35.5. The highest BCUT2D eigenvalue weighted by Gasteiger charge is 2.47. The van der Waals surface area contributed by atoms with Crippen LogP contribution in [-0.4, -0.2) is 53.2 Å². The van der Waals surface area contributed by atoms with Crippen molar-refractivity contribution in [2.24, 2.45) is 23.5 Å². The van der Waals surface area contributed by atoms with Crippen molar-refractivity contribution in [2.45, 2.75) is 12.5 Å². The number of pyridine rings is 1. The van der Waals surface area contributed by atoms with Crippen molar-refractivity contribution in [3.05, 3.63) is 46.6 Å². The maximum absolute atomic E-state index is 12.2. The van der Waals surface area contributed by atoms with Gasteiger partial charge in [0.05, 0.1) is 46.7 Å². The van der Waals surface area contributed by atoms with E-state index >= 15 is 0 Å². The Morgan fingerprint density at radius 1 is 1.18 bits per heavy atom. The van der Waals surface area contributed by atoms with E-state index in [1.165, 1.54) is 0 Å². The van der Waals surface area contributed by atoms with Gasteiger partial charge < -0.3 is 25.7 Å². The fraction of sp³-hybridized carbons (Fsp3) is 0.375. The van der Waals surface area contributed by atoms with Crippen molar-refractivity contribution in [1.82, 2.24) is 15.0 Å². The summed E-state index contributed by atoms with van der Waals surface area (Å²) in [4.78, 5) is 26.8. The van der Waals surface area contributed by atoms with Gasteiger partial charge in [0.1, 0.15) is 11.3 Å². The first-order valence-electron chi connectivity index (χ1n) is 11.4. The Morgan fingerprint density at radius 3 is 2.74 bits per heavy atom. The average Bonchev–Trinajstić information content (AvgIpc) is 3.56. The lowest BCUT2D eigenvalue weighted by Gasteiger charge is -2.29. The number of amides is 1. The van der Waals surface area contributed by atoms with Gasteiger partial charge in [-0.15, -0.1) is 0 Å². The van der Waals surface area contributed by atoms with Gasteiger partial charge in [0, 0.05) is 24.7 Å². The number of aromatic nitrogens is 3. The number of nitrogens with zero attached hydrogens (tertiary/aromatic N) is 3. The number of anilines is 2. The number of hydrogen-bond donors (Lipinski definition) is 3. The Bertz CT molecular complexity index is 1300. The van der Waals surface area contributed by atoms with Crippen LogP contribution in [-0.2, 0) is 9.53 Å². The molecule has 0 radical (unpaired) electrons. The third-order valence-corrected chi connectivity index (χ3v) is 7.73. The molecular formula is C24H24Cl2N6O2. The second kappa shape index (κ2) is 8.45. The van der Waals surface area contributed by atoms with E-state index in [1.807, 2.05) is 18.2 Å². The number of primary amides is 1. The third kappa shape index (κ3) is 3.61. The molecular weight excluding hydrogens is 475 g/mol. The number of H-pyrrole nitrogens is 1. The van der Waals surface area contributed by atoms with Crippen LogP contribution in [0.4, 0.5) is 11.4 Å². The van der Waals surface area contributed by atoms with Gasteiger partial charge in [-0.2, -0.15) is 0 Å². The summed E-state index contributed by atoms with van der Waals surface area (Å²) >= 11 is 13.2. The summed E-state index contributed by atoms with van der Waals surface area (Å²) in [5, 5.41) is 4.62. The number of ether oxygens (including phenoxy) is 1. The van der Waals surface area contributed by atoms with Crippen LogP contribution in [0.1, 0.15) is 6.42 Å². The molecule has 2 bridgehead atoms. The minimum Gasteiger partial charge on any atom is -0.378 e. The third-order valence-electron chi connectivity index (χ3n) is 7.15. The van der Waals surface area contributed by atoms with Gasteiger partial charge in [0.2, 0.25) is 5.91 Å². The minimum atomic E-state index is -0.295. The van der Waals surface area contributed by atoms with Crippen molar-refractivity contribution in [3.63, 3.8) is 0 Å². The fourth-order valence-corrected chi connectivity index (χ4v) is 6.00. The molecule has 1 aliphatic heterocycles. The molecule has 176 valence electrons. The van der Waals surface area contributed by atoms with Gasteiger partial charge in [-0.05, 0) is 36.5 Å². The first-order chi connectivity index (χ1) is 16.5. The Morgan fingerprint density at radius 2 is 1.97 bits per heavy atom. The van der Waals surface area contributed by atoms with Crippen molar-refractivity contribution in [2.75, 3.05) is 36.5 Å². The number of carbonyl (C=O) groups is 1. The van der Waals surface area contributed by atoms with Crippen molar-refractivity contribution in [3.8, 4) is 11.4 Å². The Balaban J connectivity index is 1.34. The maximum Gasteiger partial charge on any atom is 0.223 e. The number of nitrogens with two attached hydrogens (primary N) is 1. The number of carbonyl (C=O) groups excluding carboxylic acids is 1. The highest BCUT2D eigenvalue weighted by molar-refractivity contribution is 6.34. The Kier molecular flexibility index (Phi) is 5.39. The number of aromatic amines is 1. The molecule has 2 fully saturated rings. The number of allylic oxidation sites excluding steroid dienone is 1. The van der Waals surface area contributed by atoms with Gasteiger partial charge in [-0.1, -0.05) is 35.4 Å². The number of fused-ring (bicyclic) bond motifs is 3. The number of halogens is 2. The smallest absolute Gasteiger partial charge is 0.223 e. The SMILES string of the molecule is NC(=O)C1C(Nc2c(Cl)cnc3nc(-c4ccc(N5CCOCC5)c(Cl)c4)[nH]c23)[C@H]2C=C[C@@H]1C2. The van der Waals surface area contributed by atoms with E-state index < -0.39 is 0 Å². The summed E-state index contributed by atoms with van der Waals surface area (Å²) in [7, 11) is 0. The van der Waals surface area contributed by atoms with Gasteiger partial charge >= 0.3 is 0 Å². The average molecular weight is 499 g/mol. The second-order valence-corrected chi connectivity index (χ2v) is 9.89. The molecule has 1 aromatic carbocycles. The summed E-state index contributed by atoms with van der Waals surface area (Å²) < 4.78 is 5.44. The largest absolute Gasteiger partial charge is 0.378 e. The van der Waals surface area contributed by atoms with Crippen LogP contribution in [0.25, 0.3) is 22.6 Å². The molecule has 3 aromatic rings. The van der Waals surface area contributed by atoms with Crippen LogP contribution in [0.2, 0.25) is 10.0 Å². The fourth-order valence-electron chi connectivity index (χ4n) is 5.50. The van der Waals surface area contributed by atoms with E-state index in [-0.39, 0.29) is 29.7 Å². The molecule has 3 heterocycles. The molecule has 8 nitrogen and oxygen atoms in total. The molecule has 10 heteroatoms. The molecule has 0 spiro atoms. The van der Waals surface area contributed by atoms with Crippen LogP contribution in [0.15, 0.2) is 36.5 Å². The number of morpholine rings is 1. The molecule has 2 aromatic heterocycles. The zero-order valence-corrected chi connectivity index (χ0v) is 19.8. The van der Waals surface area contributed by atoms with Crippen LogP contribution in [0.5, 0.6) is 0 Å². The Labute approximate surface area is 206 Å². The highest BCUT2D eigenvalue weighted by Crippen LogP contribution is 2.46. The molecule has 1 saturated heterocycles. The lowest BCUT2D eigenvalue weighted by Crippen LogP contribution is -2.41. The lowest BCUT2D eigenvalue weighted by molar-refractivity contribution is -0.122. The van der Waals surface area contributed by atoms with E-state index in [0.717, 1.165) is 30.8 Å². The van der Waals surface area contributed by atoms with Crippen molar-refractivity contribution >= 4 is 51.6 Å². The van der Waals surface area contributed by atoms with E-state index in [9.17, 15) is 4.79 Å². The van der Waals surface area contributed by atoms with Gasteiger partial charge in [-0.3, -0.25) is 4.79 Å². The molecule has 1 saturated carbocycles. The zero-order valence-electron chi connectivity index (χ0n) is 18.3. The molecule has 34 heavy (non-hydrogen) atoms. The van der Waals surface area contributed by atoms with E-state index in [4.69, 9.17) is 33.7 Å². The van der Waals surface area contributed by atoms with E-state index in [1.54, 1.807) is 6.20 Å². The van der Waals surface area contributed by atoms with Crippen molar-refractivity contribution in [1.29, 1.82) is 0 Å². The summed E-state index contributed by atoms with van der Waals surface area (Å²) in [6.45, 7) is 3.01. The van der Waals surface area contributed by atoms with Crippen molar-refractivity contribution < 1.29 is 9.53 Å². The number of benzene rings is 1. The minimum absolute atomic E-state index is 0.121. The predicted octanol–water partition coefficient (Wildman–Crippen LogP) is 3.86. The molecule has 2 unspecified atom stereocenters. The summed E-state index contributed by atoms with van der Waals surface area (Å²) in [5.41, 5.74) is 9.46. The first kappa shape index (κ1) is 21.7. The van der Waals surface area contributed by atoms with Gasteiger partial charge in [-0.25, -0.2) is 9.97 Å². The van der Waals surface area contributed by atoms with E-state index in [2.05, 4.69) is 37.3 Å².